The number of rotatable bonds is 1. The van der Waals surface area contributed by atoms with Gasteiger partial charge in [0.1, 0.15) is 34.0 Å². The number of phenols is 2. The van der Waals surface area contributed by atoms with Gasteiger partial charge in [0.05, 0.1) is 12.7 Å². The van der Waals surface area contributed by atoms with Crippen LogP contribution in [-0.2, 0) is 0 Å². The number of aliphatic hydroxyl groups excluding tert-OH is 1. The van der Waals surface area contributed by atoms with Crippen molar-refractivity contribution in [3.63, 3.8) is 0 Å². The number of methoxy groups -OCH3 is 1. The van der Waals surface area contributed by atoms with Crippen molar-refractivity contribution in [1.29, 1.82) is 0 Å². The van der Waals surface area contributed by atoms with Crippen molar-refractivity contribution in [3.8, 4) is 34.1 Å². The lowest BCUT2D eigenvalue weighted by atomic mass is 9.97. The Morgan fingerprint density at radius 1 is 1.20 bits per heavy atom. The molecular formula is C18H14O7. The van der Waals surface area contributed by atoms with E-state index in [2.05, 4.69) is 0 Å². The molecule has 1 aliphatic heterocycles. The van der Waals surface area contributed by atoms with E-state index in [-0.39, 0.29) is 39.5 Å². The van der Waals surface area contributed by atoms with Gasteiger partial charge in [-0.3, -0.25) is 4.79 Å². The number of phenolic OH excluding ortho intramolecular Hbond substituents is 2. The quantitative estimate of drug-likeness (QED) is 0.623. The van der Waals surface area contributed by atoms with Crippen LogP contribution in [-0.4, -0.2) is 22.4 Å². The van der Waals surface area contributed by atoms with Crippen molar-refractivity contribution in [2.24, 2.45) is 0 Å². The summed E-state index contributed by atoms with van der Waals surface area (Å²) in [6.07, 6.45) is -1.52. The van der Waals surface area contributed by atoms with Crippen LogP contribution in [0.5, 0.6) is 23.0 Å². The lowest BCUT2D eigenvalue weighted by molar-refractivity contribution is -0.0376. The number of benzene rings is 2. The molecule has 0 bridgehead atoms. The molecule has 0 amide bonds. The number of fused-ring (bicyclic) bond motifs is 4. The Morgan fingerprint density at radius 3 is 2.68 bits per heavy atom. The van der Waals surface area contributed by atoms with Crippen molar-refractivity contribution >= 4 is 11.0 Å². The smallest absolute Gasteiger partial charge is 0.257 e. The number of aromatic hydroxyl groups is 2. The third-order valence-corrected chi connectivity index (χ3v) is 4.31. The van der Waals surface area contributed by atoms with Gasteiger partial charge in [0.15, 0.2) is 5.76 Å². The van der Waals surface area contributed by atoms with Gasteiger partial charge in [-0.1, -0.05) is 0 Å². The minimum Gasteiger partial charge on any atom is -0.508 e. The SMILES string of the molecule is COc1cc2oc3c(c(=O)c2c(O)c1C)-c1ccc(O)cc1O[C@H]3O. The molecule has 0 fully saturated rings. The molecule has 7 heteroatoms. The first kappa shape index (κ1) is 15.3. The summed E-state index contributed by atoms with van der Waals surface area (Å²) in [5, 5.41) is 30.2. The van der Waals surface area contributed by atoms with Crippen molar-refractivity contribution in [3.05, 3.63) is 45.8 Å². The predicted molar refractivity (Wildman–Crippen MR) is 88.1 cm³/mol. The van der Waals surface area contributed by atoms with Gasteiger partial charge in [0.2, 0.25) is 5.43 Å². The number of hydrogen-bond donors (Lipinski definition) is 3. The largest absolute Gasteiger partial charge is 0.508 e. The molecule has 0 spiro atoms. The topological polar surface area (TPSA) is 109 Å². The predicted octanol–water partition coefficient (Wildman–Crippen LogP) is 2.57. The molecule has 0 aliphatic carbocycles. The fourth-order valence-electron chi connectivity index (χ4n) is 3.06. The molecule has 3 aromatic rings. The van der Waals surface area contributed by atoms with Gasteiger partial charge in [-0.25, -0.2) is 0 Å². The monoisotopic (exact) mass is 342 g/mol. The molecule has 1 aromatic heterocycles. The first-order valence-corrected chi connectivity index (χ1v) is 7.47. The molecule has 1 aliphatic rings. The molecule has 0 saturated heterocycles. The Kier molecular flexibility index (Phi) is 3.16. The summed E-state index contributed by atoms with van der Waals surface area (Å²) in [5.74, 6) is 0.122. The zero-order chi connectivity index (χ0) is 17.9. The van der Waals surface area contributed by atoms with Gasteiger partial charge in [-0.15, -0.1) is 0 Å². The van der Waals surface area contributed by atoms with E-state index in [0.717, 1.165) is 0 Å². The minimum absolute atomic E-state index is 0.00910. The van der Waals surface area contributed by atoms with Crippen LogP contribution in [0.3, 0.4) is 0 Å². The van der Waals surface area contributed by atoms with Crippen molar-refractivity contribution in [2.45, 2.75) is 13.2 Å². The second kappa shape index (κ2) is 5.15. The van der Waals surface area contributed by atoms with Gasteiger partial charge in [-0.05, 0) is 19.1 Å². The first-order chi connectivity index (χ1) is 11.9. The molecule has 0 radical (unpaired) electrons. The Bertz CT molecular complexity index is 1080. The third-order valence-electron chi connectivity index (χ3n) is 4.31. The van der Waals surface area contributed by atoms with E-state index >= 15 is 0 Å². The molecule has 7 nitrogen and oxygen atoms in total. The van der Waals surface area contributed by atoms with Crippen LogP contribution in [0.15, 0.2) is 33.5 Å². The third kappa shape index (κ3) is 2.06. The van der Waals surface area contributed by atoms with Gasteiger partial charge < -0.3 is 29.2 Å². The van der Waals surface area contributed by atoms with Crippen molar-refractivity contribution < 1.29 is 29.2 Å². The van der Waals surface area contributed by atoms with E-state index in [1.165, 1.54) is 31.4 Å². The fourth-order valence-corrected chi connectivity index (χ4v) is 3.06. The van der Waals surface area contributed by atoms with Crippen LogP contribution in [0.25, 0.3) is 22.1 Å². The second-order valence-corrected chi connectivity index (χ2v) is 5.75. The summed E-state index contributed by atoms with van der Waals surface area (Å²) in [4.78, 5) is 13.0. The van der Waals surface area contributed by atoms with E-state index in [0.29, 0.717) is 16.9 Å². The van der Waals surface area contributed by atoms with Crippen LogP contribution in [0.4, 0.5) is 0 Å². The number of ether oxygens (including phenoxy) is 2. The van der Waals surface area contributed by atoms with E-state index in [1.54, 1.807) is 6.92 Å². The fraction of sp³-hybridized carbons (Fsp3) is 0.167. The Balaban J connectivity index is 2.15. The maximum atomic E-state index is 13.0. The summed E-state index contributed by atoms with van der Waals surface area (Å²) < 4.78 is 16.2. The Hall–Kier alpha value is -3.19. The standard InChI is InChI=1S/C18H14O7/c1-7-10(23-2)6-12-14(15(7)20)16(21)13-9-4-3-8(19)5-11(9)25-18(22)17(13)24-12/h3-6,18-20,22H,1-2H3/t18-/m1/s1. The second-order valence-electron chi connectivity index (χ2n) is 5.75. The van der Waals surface area contributed by atoms with Gasteiger partial charge in [0.25, 0.3) is 6.29 Å². The van der Waals surface area contributed by atoms with Crippen molar-refractivity contribution in [1.82, 2.24) is 0 Å². The van der Waals surface area contributed by atoms with Crippen LogP contribution in [0.1, 0.15) is 17.6 Å². The van der Waals surface area contributed by atoms with Crippen LogP contribution < -0.4 is 14.9 Å². The minimum atomic E-state index is -1.52. The molecule has 25 heavy (non-hydrogen) atoms. The van der Waals surface area contributed by atoms with E-state index in [1.807, 2.05) is 0 Å². The highest BCUT2D eigenvalue weighted by atomic mass is 16.6. The Morgan fingerprint density at radius 2 is 1.96 bits per heavy atom. The summed E-state index contributed by atoms with van der Waals surface area (Å²) in [6.45, 7) is 1.62. The van der Waals surface area contributed by atoms with Crippen molar-refractivity contribution in [2.75, 3.05) is 7.11 Å². The highest BCUT2D eigenvalue weighted by Gasteiger charge is 2.32. The molecule has 4 rings (SSSR count). The molecule has 0 saturated carbocycles. The molecule has 2 heterocycles. The van der Waals surface area contributed by atoms with E-state index < -0.39 is 11.7 Å². The molecular weight excluding hydrogens is 328 g/mol. The maximum absolute atomic E-state index is 13.0. The lowest BCUT2D eigenvalue weighted by Crippen LogP contribution is -2.20. The molecule has 128 valence electrons. The van der Waals surface area contributed by atoms with Gasteiger partial charge in [0, 0.05) is 23.3 Å². The highest BCUT2D eigenvalue weighted by Crippen LogP contribution is 2.44. The number of aliphatic hydroxyl groups is 1. The summed E-state index contributed by atoms with van der Waals surface area (Å²) in [6, 6.07) is 5.66. The molecule has 3 N–H and O–H groups in total. The van der Waals surface area contributed by atoms with E-state index in [9.17, 15) is 20.1 Å². The van der Waals surface area contributed by atoms with E-state index in [4.69, 9.17) is 13.9 Å². The summed E-state index contributed by atoms with van der Waals surface area (Å²) in [7, 11) is 1.44. The van der Waals surface area contributed by atoms with Crippen LogP contribution >= 0.6 is 0 Å². The normalized spacial score (nSPS) is 15.4. The molecule has 2 aromatic carbocycles. The molecule has 0 unspecified atom stereocenters. The summed E-state index contributed by atoms with van der Waals surface area (Å²) in [5.41, 5.74) is 0.422. The average molecular weight is 342 g/mol. The average Bonchev–Trinajstić information content (AvgIpc) is 2.58. The maximum Gasteiger partial charge on any atom is 0.257 e. The Labute approximate surface area is 141 Å². The van der Waals surface area contributed by atoms with Gasteiger partial charge in [-0.2, -0.15) is 0 Å². The first-order valence-electron chi connectivity index (χ1n) is 7.47. The molecule has 1 atom stereocenters. The zero-order valence-corrected chi connectivity index (χ0v) is 13.4. The lowest BCUT2D eigenvalue weighted by Gasteiger charge is -2.24. The zero-order valence-electron chi connectivity index (χ0n) is 13.4. The van der Waals surface area contributed by atoms with Gasteiger partial charge >= 0.3 is 0 Å². The highest BCUT2D eigenvalue weighted by molar-refractivity contribution is 5.91. The summed E-state index contributed by atoms with van der Waals surface area (Å²) >= 11 is 0. The number of hydrogen-bond acceptors (Lipinski definition) is 7. The van der Waals surface area contributed by atoms with Crippen LogP contribution in [0, 0.1) is 6.92 Å². The van der Waals surface area contributed by atoms with Crippen LogP contribution in [0.2, 0.25) is 0 Å².